The third-order valence-electron chi connectivity index (χ3n) is 5.86. The van der Waals surface area contributed by atoms with Crippen LogP contribution in [0.1, 0.15) is 67.6 Å². The second-order valence-corrected chi connectivity index (χ2v) is 7.84. The number of hydrogen-bond acceptors (Lipinski definition) is 4. The third-order valence-corrected chi connectivity index (χ3v) is 5.86. The van der Waals surface area contributed by atoms with Crippen molar-refractivity contribution in [3.05, 3.63) is 41.0 Å². The van der Waals surface area contributed by atoms with E-state index < -0.39 is 0 Å². The molecule has 2 aromatic heterocycles. The minimum absolute atomic E-state index is 0.242. The first-order valence-electron chi connectivity index (χ1n) is 9.77. The monoisotopic (exact) mass is 339 g/mol. The molecule has 25 heavy (non-hydrogen) atoms. The van der Waals surface area contributed by atoms with Gasteiger partial charge in [-0.25, -0.2) is 15.0 Å². The minimum Gasteiger partial charge on any atom is -0.345 e. The SMILES string of the molecule is CCCCc1ncc(CN2CCCC3(CCc4cnc(C)nc43)C2)[nH]1. The van der Waals surface area contributed by atoms with Gasteiger partial charge in [0.25, 0.3) is 0 Å². The number of likely N-dealkylation sites (tertiary alicyclic amines) is 1. The van der Waals surface area contributed by atoms with Crippen molar-refractivity contribution in [2.75, 3.05) is 13.1 Å². The Morgan fingerprint density at radius 3 is 3.04 bits per heavy atom. The molecule has 4 rings (SSSR count). The van der Waals surface area contributed by atoms with Crippen LogP contribution in [0.5, 0.6) is 0 Å². The van der Waals surface area contributed by atoms with E-state index in [-0.39, 0.29) is 5.41 Å². The van der Waals surface area contributed by atoms with Crippen molar-refractivity contribution in [3.8, 4) is 0 Å². The van der Waals surface area contributed by atoms with E-state index in [4.69, 9.17) is 4.98 Å². The van der Waals surface area contributed by atoms with Crippen LogP contribution >= 0.6 is 0 Å². The lowest BCUT2D eigenvalue weighted by Gasteiger charge is -2.40. The fourth-order valence-electron chi connectivity index (χ4n) is 4.59. The Morgan fingerprint density at radius 1 is 1.24 bits per heavy atom. The van der Waals surface area contributed by atoms with E-state index in [1.54, 1.807) is 0 Å². The van der Waals surface area contributed by atoms with Crippen molar-refractivity contribution in [3.63, 3.8) is 0 Å². The lowest BCUT2D eigenvalue weighted by Crippen LogP contribution is -2.45. The van der Waals surface area contributed by atoms with Gasteiger partial charge in [0.05, 0.1) is 5.69 Å². The Bertz CT molecular complexity index is 733. The Labute approximate surface area is 150 Å². The molecule has 2 aliphatic rings. The van der Waals surface area contributed by atoms with Crippen LogP contribution in [0.15, 0.2) is 12.4 Å². The van der Waals surface area contributed by atoms with E-state index in [1.165, 1.54) is 55.6 Å². The molecule has 1 aliphatic carbocycles. The average Bonchev–Trinajstić information content (AvgIpc) is 3.19. The molecule has 0 saturated carbocycles. The van der Waals surface area contributed by atoms with E-state index in [0.29, 0.717) is 0 Å². The number of nitrogens with one attached hydrogen (secondary N) is 1. The van der Waals surface area contributed by atoms with Crippen LogP contribution in [0.2, 0.25) is 0 Å². The molecule has 1 aliphatic heterocycles. The van der Waals surface area contributed by atoms with Crippen molar-refractivity contribution in [2.45, 2.75) is 70.8 Å². The zero-order valence-corrected chi connectivity index (χ0v) is 15.5. The molecule has 2 aromatic rings. The van der Waals surface area contributed by atoms with Gasteiger partial charge >= 0.3 is 0 Å². The van der Waals surface area contributed by atoms with Crippen LogP contribution in [0.4, 0.5) is 0 Å². The van der Waals surface area contributed by atoms with Gasteiger partial charge in [-0.15, -0.1) is 0 Å². The largest absolute Gasteiger partial charge is 0.345 e. The summed E-state index contributed by atoms with van der Waals surface area (Å²) in [6.07, 6.45) is 12.4. The molecule has 0 radical (unpaired) electrons. The van der Waals surface area contributed by atoms with Gasteiger partial charge in [0.1, 0.15) is 11.6 Å². The molecule has 1 spiro atoms. The molecule has 5 heteroatoms. The lowest BCUT2D eigenvalue weighted by molar-refractivity contribution is 0.135. The van der Waals surface area contributed by atoms with Gasteiger partial charge in [0.2, 0.25) is 0 Å². The molecule has 0 aromatic carbocycles. The van der Waals surface area contributed by atoms with Crippen LogP contribution in [-0.4, -0.2) is 37.9 Å². The molecule has 1 fully saturated rings. The molecular weight excluding hydrogens is 310 g/mol. The van der Waals surface area contributed by atoms with E-state index in [1.807, 2.05) is 13.1 Å². The number of piperidine rings is 1. The number of nitrogens with zero attached hydrogens (tertiary/aromatic N) is 4. The maximum Gasteiger partial charge on any atom is 0.125 e. The van der Waals surface area contributed by atoms with Crippen LogP contribution in [-0.2, 0) is 24.8 Å². The molecule has 0 amide bonds. The summed E-state index contributed by atoms with van der Waals surface area (Å²) in [5.41, 5.74) is 4.20. The van der Waals surface area contributed by atoms with E-state index in [0.717, 1.165) is 37.6 Å². The summed E-state index contributed by atoms with van der Waals surface area (Å²) in [6.45, 7) is 7.49. The molecule has 134 valence electrons. The molecule has 1 atom stereocenters. The Morgan fingerprint density at radius 2 is 2.16 bits per heavy atom. The van der Waals surface area contributed by atoms with Gasteiger partial charge in [0.15, 0.2) is 0 Å². The highest BCUT2D eigenvalue weighted by atomic mass is 15.2. The smallest absolute Gasteiger partial charge is 0.125 e. The summed E-state index contributed by atoms with van der Waals surface area (Å²) in [5, 5.41) is 0. The summed E-state index contributed by atoms with van der Waals surface area (Å²) in [6, 6.07) is 0. The predicted molar refractivity (Wildman–Crippen MR) is 98.5 cm³/mol. The number of aryl methyl sites for hydroxylation is 3. The summed E-state index contributed by atoms with van der Waals surface area (Å²) in [7, 11) is 0. The number of imidazole rings is 1. The number of rotatable bonds is 5. The fraction of sp³-hybridized carbons (Fsp3) is 0.650. The quantitative estimate of drug-likeness (QED) is 0.908. The number of unbranched alkanes of at least 4 members (excludes halogenated alkanes) is 1. The van der Waals surface area contributed by atoms with Gasteiger partial charge < -0.3 is 4.98 Å². The Balaban J connectivity index is 1.47. The topological polar surface area (TPSA) is 57.7 Å². The first-order chi connectivity index (χ1) is 12.2. The molecule has 0 bridgehead atoms. The summed E-state index contributed by atoms with van der Waals surface area (Å²) >= 11 is 0. The second kappa shape index (κ2) is 6.87. The summed E-state index contributed by atoms with van der Waals surface area (Å²) in [4.78, 5) is 19.9. The highest BCUT2D eigenvalue weighted by Gasteiger charge is 2.43. The van der Waals surface area contributed by atoms with E-state index >= 15 is 0 Å². The first-order valence-corrected chi connectivity index (χ1v) is 9.77. The van der Waals surface area contributed by atoms with Gasteiger partial charge in [0, 0.05) is 43.0 Å². The Hall–Kier alpha value is -1.75. The predicted octanol–water partition coefficient (Wildman–Crippen LogP) is 3.33. The van der Waals surface area contributed by atoms with Crippen molar-refractivity contribution < 1.29 is 0 Å². The zero-order valence-electron chi connectivity index (χ0n) is 15.5. The normalized spacial score (nSPS) is 23.3. The average molecular weight is 339 g/mol. The van der Waals surface area contributed by atoms with Crippen molar-refractivity contribution in [1.82, 2.24) is 24.8 Å². The van der Waals surface area contributed by atoms with Crippen LogP contribution < -0.4 is 0 Å². The maximum absolute atomic E-state index is 4.85. The van der Waals surface area contributed by atoms with Gasteiger partial charge in [-0.05, 0) is 51.1 Å². The number of fused-ring (bicyclic) bond motifs is 2. The van der Waals surface area contributed by atoms with E-state index in [9.17, 15) is 0 Å². The standard InChI is InChI=1S/C20H29N5/c1-3-4-6-18-22-12-17(24-18)13-25-10-5-8-20(14-25)9-7-16-11-21-15(2)23-19(16)20/h11-12H,3-10,13-14H2,1-2H3,(H,22,24). The van der Waals surface area contributed by atoms with E-state index in [2.05, 4.69) is 33.0 Å². The maximum atomic E-state index is 4.85. The van der Waals surface area contributed by atoms with Gasteiger partial charge in [-0.2, -0.15) is 0 Å². The van der Waals surface area contributed by atoms with Crippen LogP contribution in [0, 0.1) is 6.92 Å². The van der Waals surface area contributed by atoms with Gasteiger partial charge in [-0.3, -0.25) is 4.90 Å². The molecule has 1 saturated heterocycles. The second-order valence-electron chi connectivity index (χ2n) is 7.84. The van der Waals surface area contributed by atoms with Gasteiger partial charge in [-0.1, -0.05) is 13.3 Å². The van der Waals surface area contributed by atoms with Crippen LogP contribution in [0.3, 0.4) is 0 Å². The lowest BCUT2D eigenvalue weighted by atomic mass is 9.77. The zero-order chi connectivity index (χ0) is 17.3. The summed E-state index contributed by atoms with van der Waals surface area (Å²) < 4.78 is 0. The van der Waals surface area contributed by atoms with Crippen molar-refractivity contribution in [1.29, 1.82) is 0 Å². The number of aromatic amines is 1. The molecule has 1 unspecified atom stereocenters. The van der Waals surface area contributed by atoms with Crippen LogP contribution in [0.25, 0.3) is 0 Å². The number of aromatic nitrogens is 4. The molecule has 1 N–H and O–H groups in total. The van der Waals surface area contributed by atoms with Crippen molar-refractivity contribution in [2.24, 2.45) is 0 Å². The minimum atomic E-state index is 0.242. The molecular formula is C20H29N5. The van der Waals surface area contributed by atoms with Crippen molar-refractivity contribution >= 4 is 0 Å². The highest BCUT2D eigenvalue weighted by Crippen LogP contribution is 2.43. The molecule has 3 heterocycles. The fourth-order valence-corrected chi connectivity index (χ4v) is 4.59. The Kier molecular flexibility index (Phi) is 4.59. The summed E-state index contributed by atoms with van der Waals surface area (Å²) in [5.74, 6) is 2.05. The highest BCUT2D eigenvalue weighted by molar-refractivity contribution is 5.33. The first kappa shape index (κ1) is 16.7. The third kappa shape index (κ3) is 3.34. The molecule has 5 nitrogen and oxygen atoms in total. The number of hydrogen-bond donors (Lipinski definition) is 1. The number of H-pyrrole nitrogens is 1.